The van der Waals surface area contributed by atoms with E-state index in [0.717, 1.165) is 30.9 Å². The molecule has 4 heteroatoms. The summed E-state index contributed by atoms with van der Waals surface area (Å²) in [7, 11) is 0. The molecule has 3 heterocycles. The molecule has 0 spiro atoms. The van der Waals surface area contributed by atoms with Gasteiger partial charge in [-0.05, 0) is 50.8 Å². The van der Waals surface area contributed by atoms with E-state index in [0.29, 0.717) is 11.2 Å². The first kappa shape index (κ1) is 14.3. The highest BCUT2D eigenvalue weighted by molar-refractivity contribution is 6.29. The maximum Gasteiger partial charge on any atom is 0.129 e. The number of piperidine rings is 1. The molecule has 2 fully saturated rings. The smallest absolute Gasteiger partial charge is 0.129 e. The van der Waals surface area contributed by atoms with Crippen molar-refractivity contribution in [1.82, 2.24) is 15.2 Å². The SMILES string of the molecule is CCCN(Cc1cccc(Cl)n1)C1CC2CCC(C1)N2. The van der Waals surface area contributed by atoms with Crippen LogP contribution in [0.3, 0.4) is 0 Å². The zero-order chi connectivity index (χ0) is 13.9. The lowest BCUT2D eigenvalue weighted by molar-refractivity contribution is 0.132. The molecule has 2 saturated heterocycles. The predicted octanol–water partition coefficient (Wildman–Crippen LogP) is 3.23. The van der Waals surface area contributed by atoms with Crippen molar-refractivity contribution in [3.05, 3.63) is 29.0 Å². The molecule has 1 N–H and O–H groups in total. The van der Waals surface area contributed by atoms with E-state index in [9.17, 15) is 0 Å². The summed E-state index contributed by atoms with van der Waals surface area (Å²) in [4.78, 5) is 7.07. The van der Waals surface area contributed by atoms with Gasteiger partial charge in [0.1, 0.15) is 5.15 Å². The molecule has 110 valence electrons. The number of hydrogen-bond donors (Lipinski definition) is 1. The normalized spacial score (nSPS) is 29.1. The van der Waals surface area contributed by atoms with Crippen molar-refractivity contribution in [2.75, 3.05) is 6.54 Å². The molecule has 0 aliphatic carbocycles. The number of hydrogen-bond acceptors (Lipinski definition) is 3. The lowest BCUT2D eigenvalue weighted by Crippen LogP contribution is -2.48. The molecule has 2 atom stereocenters. The molecule has 2 aliphatic heterocycles. The Kier molecular flexibility index (Phi) is 4.59. The van der Waals surface area contributed by atoms with E-state index >= 15 is 0 Å². The Labute approximate surface area is 126 Å². The van der Waals surface area contributed by atoms with Crippen molar-refractivity contribution in [2.24, 2.45) is 0 Å². The maximum absolute atomic E-state index is 6.01. The Balaban J connectivity index is 1.69. The van der Waals surface area contributed by atoms with Crippen LogP contribution in [-0.4, -0.2) is 34.6 Å². The standard InChI is InChI=1S/C16H24ClN3/c1-2-8-20(11-14-4-3-5-16(17)19-14)15-9-12-6-7-13(10-15)18-12/h3-5,12-13,15,18H,2,6-11H2,1H3. The fourth-order valence-electron chi connectivity index (χ4n) is 3.75. The fraction of sp³-hybridized carbons (Fsp3) is 0.688. The molecule has 2 bridgehead atoms. The average molecular weight is 294 g/mol. The summed E-state index contributed by atoms with van der Waals surface area (Å²) in [6.07, 6.45) is 6.49. The van der Waals surface area contributed by atoms with E-state index in [4.69, 9.17) is 11.6 Å². The largest absolute Gasteiger partial charge is 0.311 e. The first-order valence-corrected chi connectivity index (χ1v) is 8.24. The number of halogens is 1. The topological polar surface area (TPSA) is 28.2 Å². The van der Waals surface area contributed by atoms with Crippen LogP contribution in [0.25, 0.3) is 0 Å². The van der Waals surface area contributed by atoms with Crippen LogP contribution in [0.5, 0.6) is 0 Å². The van der Waals surface area contributed by atoms with E-state index < -0.39 is 0 Å². The summed E-state index contributed by atoms with van der Waals surface area (Å²) < 4.78 is 0. The molecular formula is C16H24ClN3. The minimum Gasteiger partial charge on any atom is -0.311 e. The van der Waals surface area contributed by atoms with Gasteiger partial charge in [0, 0.05) is 24.7 Å². The molecule has 2 unspecified atom stereocenters. The highest BCUT2D eigenvalue weighted by Crippen LogP contribution is 2.30. The van der Waals surface area contributed by atoms with Crippen LogP contribution in [0.2, 0.25) is 5.15 Å². The van der Waals surface area contributed by atoms with Crippen molar-refractivity contribution < 1.29 is 0 Å². The second kappa shape index (κ2) is 6.42. The van der Waals surface area contributed by atoms with Gasteiger partial charge < -0.3 is 5.32 Å². The minimum atomic E-state index is 0.601. The van der Waals surface area contributed by atoms with Gasteiger partial charge in [-0.1, -0.05) is 24.6 Å². The second-order valence-electron chi connectivity index (χ2n) is 6.19. The van der Waals surface area contributed by atoms with E-state index in [1.54, 1.807) is 0 Å². The van der Waals surface area contributed by atoms with Crippen LogP contribution in [-0.2, 0) is 6.54 Å². The minimum absolute atomic E-state index is 0.601. The van der Waals surface area contributed by atoms with Crippen LogP contribution < -0.4 is 5.32 Å². The number of nitrogens with one attached hydrogen (secondary N) is 1. The molecule has 1 aromatic rings. The van der Waals surface area contributed by atoms with Crippen LogP contribution in [0.4, 0.5) is 0 Å². The van der Waals surface area contributed by atoms with Gasteiger partial charge in [0.2, 0.25) is 0 Å². The Morgan fingerprint density at radius 1 is 1.30 bits per heavy atom. The third-order valence-electron chi connectivity index (χ3n) is 4.61. The Bertz CT molecular complexity index is 439. The summed E-state index contributed by atoms with van der Waals surface area (Å²) in [5.74, 6) is 0. The van der Waals surface area contributed by atoms with Crippen LogP contribution in [0.1, 0.15) is 44.7 Å². The van der Waals surface area contributed by atoms with Crippen LogP contribution in [0.15, 0.2) is 18.2 Å². The molecule has 0 aromatic carbocycles. The number of nitrogens with zero attached hydrogens (tertiary/aromatic N) is 2. The molecule has 0 radical (unpaired) electrons. The lowest BCUT2D eigenvalue weighted by Gasteiger charge is -2.37. The van der Waals surface area contributed by atoms with Crippen molar-refractivity contribution in [1.29, 1.82) is 0 Å². The van der Waals surface area contributed by atoms with Crippen LogP contribution >= 0.6 is 11.6 Å². The molecular weight excluding hydrogens is 270 g/mol. The first-order chi connectivity index (χ1) is 9.74. The van der Waals surface area contributed by atoms with Gasteiger partial charge in [0.25, 0.3) is 0 Å². The van der Waals surface area contributed by atoms with E-state index in [1.807, 2.05) is 12.1 Å². The van der Waals surface area contributed by atoms with Gasteiger partial charge in [0.05, 0.1) is 5.69 Å². The second-order valence-corrected chi connectivity index (χ2v) is 6.57. The van der Waals surface area contributed by atoms with E-state index in [-0.39, 0.29) is 0 Å². The van der Waals surface area contributed by atoms with Crippen LogP contribution in [0, 0.1) is 0 Å². The van der Waals surface area contributed by atoms with Gasteiger partial charge in [-0.15, -0.1) is 0 Å². The van der Waals surface area contributed by atoms with Gasteiger partial charge >= 0.3 is 0 Å². The molecule has 20 heavy (non-hydrogen) atoms. The summed E-state index contributed by atoms with van der Waals surface area (Å²) >= 11 is 6.01. The monoisotopic (exact) mass is 293 g/mol. The zero-order valence-electron chi connectivity index (χ0n) is 12.2. The molecule has 0 saturated carbocycles. The zero-order valence-corrected chi connectivity index (χ0v) is 12.9. The molecule has 1 aromatic heterocycles. The highest BCUT2D eigenvalue weighted by Gasteiger charge is 2.35. The van der Waals surface area contributed by atoms with E-state index in [2.05, 4.69) is 28.2 Å². The Hall–Kier alpha value is -0.640. The fourth-order valence-corrected chi connectivity index (χ4v) is 3.93. The highest BCUT2D eigenvalue weighted by atomic mass is 35.5. The summed E-state index contributed by atoms with van der Waals surface area (Å²) in [6, 6.07) is 8.12. The molecule has 0 amide bonds. The maximum atomic E-state index is 6.01. The van der Waals surface area contributed by atoms with Gasteiger partial charge in [-0.3, -0.25) is 4.90 Å². The van der Waals surface area contributed by atoms with Crippen molar-refractivity contribution >= 4 is 11.6 Å². The molecule has 3 nitrogen and oxygen atoms in total. The van der Waals surface area contributed by atoms with Gasteiger partial charge in [0.15, 0.2) is 0 Å². The Morgan fingerprint density at radius 3 is 2.70 bits per heavy atom. The number of rotatable bonds is 5. The Morgan fingerprint density at radius 2 is 2.05 bits per heavy atom. The molecule has 3 rings (SSSR count). The first-order valence-electron chi connectivity index (χ1n) is 7.86. The molecule has 2 aliphatic rings. The van der Waals surface area contributed by atoms with Gasteiger partial charge in [-0.25, -0.2) is 4.98 Å². The quantitative estimate of drug-likeness (QED) is 0.845. The summed E-state index contributed by atoms with van der Waals surface area (Å²) in [5, 5.41) is 4.33. The van der Waals surface area contributed by atoms with E-state index in [1.165, 1.54) is 32.1 Å². The third kappa shape index (κ3) is 3.33. The van der Waals surface area contributed by atoms with Gasteiger partial charge in [-0.2, -0.15) is 0 Å². The average Bonchev–Trinajstić information content (AvgIpc) is 2.77. The number of fused-ring (bicyclic) bond motifs is 2. The lowest BCUT2D eigenvalue weighted by atomic mass is 9.97. The van der Waals surface area contributed by atoms with Crippen molar-refractivity contribution in [2.45, 2.75) is 63.7 Å². The summed E-state index contributed by atoms with van der Waals surface area (Å²) in [5.41, 5.74) is 1.09. The van der Waals surface area contributed by atoms with Crippen molar-refractivity contribution in [3.63, 3.8) is 0 Å². The third-order valence-corrected chi connectivity index (χ3v) is 4.82. The predicted molar refractivity (Wildman–Crippen MR) is 82.9 cm³/mol. The summed E-state index contributed by atoms with van der Waals surface area (Å²) in [6.45, 7) is 4.34. The van der Waals surface area contributed by atoms with Crippen molar-refractivity contribution in [3.8, 4) is 0 Å². The number of aromatic nitrogens is 1. The number of pyridine rings is 1.